The van der Waals surface area contributed by atoms with Gasteiger partial charge in [0.2, 0.25) is 0 Å². The lowest BCUT2D eigenvalue weighted by Crippen LogP contribution is -2.30. The van der Waals surface area contributed by atoms with Crippen LogP contribution < -0.4 is 4.74 Å². The van der Waals surface area contributed by atoms with E-state index in [4.69, 9.17) is 21.3 Å². The molecule has 0 saturated heterocycles. The Bertz CT molecular complexity index is 1120. The van der Waals surface area contributed by atoms with Crippen molar-refractivity contribution in [3.63, 3.8) is 0 Å². The van der Waals surface area contributed by atoms with Gasteiger partial charge in [-0.05, 0) is 53.6 Å². The van der Waals surface area contributed by atoms with Gasteiger partial charge in [0, 0.05) is 17.7 Å². The van der Waals surface area contributed by atoms with Crippen LogP contribution in [0.4, 0.5) is 4.39 Å². The Morgan fingerprint density at radius 2 is 1.80 bits per heavy atom. The second kappa shape index (κ2) is 8.50. The van der Waals surface area contributed by atoms with E-state index in [0.717, 1.165) is 30.2 Å². The van der Waals surface area contributed by atoms with Crippen molar-refractivity contribution >= 4 is 41.6 Å². The predicted octanol–water partition coefficient (Wildman–Crippen LogP) is 6.05. The molecule has 6 heteroatoms. The normalized spacial score (nSPS) is 14.3. The highest BCUT2D eigenvalue weighted by Gasteiger charge is 2.28. The fraction of sp³-hybridized carbons (Fsp3) is 0.125. The molecule has 0 aliphatic carbocycles. The second-order valence-corrected chi connectivity index (χ2v) is 7.39. The SMILES string of the molecule is Cl.Fc1cccc(Cl)c1COc1ccc(C2=Cc3ccccc3C3=NCCN23)cc1. The van der Waals surface area contributed by atoms with E-state index in [2.05, 4.69) is 23.1 Å². The van der Waals surface area contributed by atoms with Crippen LogP contribution in [0.1, 0.15) is 22.3 Å². The van der Waals surface area contributed by atoms with Crippen LogP contribution in [-0.4, -0.2) is 23.8 Å². The lowest BCUT2D eigenvalue weighted by atomic mass is 9.97. The Morgan fingerprint density at radius 3 is 2.60 bits per heavy atom. The molecule has 2 aliphatic rings. The van der Waals surface area contributed by atoms with Gasteiger partial charge in [0.1, 0.15) is 24.0 Å². The summed E-state index contributed by atoms with van der Waals surface area (Å²) in [5.74, 6) is 1.34. The molecular formula is C24H19Cl2FN2O. The number of nitrogens with zero attached hydrogens (tertiary/aromatic N) is 2. The average Bonchev–Trinajstić information content (AvgIpc) is 3.24. The van der Waals surface area contributed by atoms with Gasteiger partial charge in [-0.2, -0.15) is 0 Å². The Labute approximate surface area is 185 Å². The first kappa shape index (κ1) is 20.5. The molecule has 0 atom stereocenters. The molecule has 30 heavy (non-hydrogen) atoms. The fourth-order valence-corrected chi connectivity index (χ4v) is 3.97. The molecule has 3 nitrogen and oxygen atoms in total. The van der Waals surface area contributed by atoms with Crippen molar-refractivity contribution in [2.75, 3.05) is 13.1 Å². The van der Waals surface area contributed by atoms with Crippen molar-refractivity contribution < 1.29 is 9.13 Å². The minimum absolute atomic E-state index is 0. The van der Waals surface area contributed by atoms with Crippen LogP contribution in [0, 0.1) is 5.82 Å². The standard InChI is InChI=1S/C24H18ClFN2O.ClH/c25-21-6-3-7-22(26)20(21)15-29-18-10-8-16(9-11-18)23-14-17-4-1-2-5-19(17)24-27-12-13-28(23)24;/h1-11,14H,12-13,15H2;1H. The van der Waals surface area contributed by atoms with Gasteiger partial charge in [-0.15, -0.1) is 12.4 Å². The minimum atomic E-state index is -0.360. The molecule has 0 amide bonds. The maximum Gasteiger partial charge on any atom is 0.136 e. The van der Waals surface area contributed by atoms with Crippen molar-refractivity contribution in [3.8, 4) is 5.75 Å². The number of amidine groups is 1. The largest absolute Gasteiger partial charge is 0.489 e. The number of aliphatic imine (C=N–C) groups is 1. The number of halogens is 3. The van der Waals surface area contributed by atoms with Crippen LogP contribution in [0.15, 0.2) is 71.7 Å². The monoisotopic (exact) mass is 440 g/mol. The van der Waals surface area contributed by atoms with Gasteiger partial charge in [-0.25, -0.2) is 4.39 Å². The summed E-state index contributed by atoms with van der Waals surface area (Å²) in [6.45, 7) is 1.76. The minimum Gasteiger partial charge on any atom is -0.489 e. The first-order valence-corrected chi connectivity index (χ1v) is 9.88. The van der Waals surface area contributed by atoms with Crippen LogP contribution in [0.2, 0.25) is 5.02 Å². The summed E-state index contributed by atoms with van der Waals surface area (Å²) in [6, 6.07) is 20.8. The molecule has 152 valence electrons. The molecule has 0 aromatic heterocycles. The molecule has 0 unspecified atom stereocenters. The molecule has 2 aliphatic heterocycles. The Balaban J connectivity index is 0.00000218. The van der Waals surface area contributed by atoms with E-state index < -0.39 is 0 Å². The van der Waals surface area contributed by atoms with Gasteiger partial charge < -0.3 is 9.64 Å². The highest BCUT2D eigenvalue weighted by Crippen LogP contribution is 2.34. The van der Waals surface area contributed by atoms with Gasteiger partial charge >= 0.3 is 0 Å². The molecule has 0 saturated carbocycles. The van der Waals surface area contributed by atoms with E-state index in [1.54, 1.807) is 12.1 Å². The molecule has 3 aromatic rings. The lowest BCUT2D eigenvalue weighted by Gasteiger charge is -2.29. The quantitative estimate of drug-likeness (QED) is 0.492. The van der Waals surface area contributed by atoms with Gasteiger partial charge in [0.05, 0.1) is 17.3 Å². The number of ether oxygens (including phenoxy) is 1. The topological polar surface area (TPSA) is 24.8 Å². The van der Waals surface area contributed by atoms with E-state index in [9.17, 15) is 4.39 Å². The van der Waals surface area contributed by atoms with Gasteiger partial charge in [-0.3, -0.25) is 4.99 Å². The van der Waals surface area contributed by atoms with Crippen molar-refractivity contribution in [1.29, 1.82) is 0 Å². The van der Waals surface area contributed by atoms with E-state index in [1.807, 2.05) is 36.4 Å². The smallest absolute Gasteiger partial charge is 0.136 e. The predicted molar refractivity (Wildman–Crippen MR) is 122 cm³/mol. The molecular weight excluding hydrogens is 422 g/mol. The van der Waals surface area contributed by atoms with Crippen LogP contribution in [0.3, 0.4) is 0 Å². The third kappa shape index (κ3) is 3.69. The number of benzene rings is 3. The fourth-order valence-electron chi connectivity index (χ4n) is 3.75. The molecule has 0 fully saturated rings. The van der Waals surface area contributed by atoms with Crippen LogP contribution in [-0.2, 0) is 6.61 Å². The Kier molecular flexibility index (Phi) is 5.80. The second-order valence-electron chi connectivity index (χ2n) is 6.99. The zero-order valence-corrected chi connectivity index (χ0v) is 17.6. The van der Waals surface area contributed by atoms with Crippen molar-refractivity contribution in [3.05, 3.63) is 99.8 Å². The van der Waals surface area contributed by atoms with E-state index in [0.29, 0.717) is 16.3 Å². The zero-order valence-electron chi connectivity index (χ0n) is 16.0. The molecule has 0 radical (unpaired) electrons. The van der Waals surface area contributed by atoms with Crippen LogP contribution >= 0.6 is 24.0 Å². The first-order valence-electron chi connectivity index (χ1n) is 9.50. The average molecular weight is 441 g/mol. The molecule has 0 bridgehead atoms. The third-order valence-corrected chi connectivity index (χ3v) is 5.57. The molecule has 0 spiro atoms. The number of hydrogen-bond acceptors (Lipinski definition) is 3. The van der Waals surface area contributed by atoms with E-state index in [-0.39, 0.29) is 24.8 Å². The summed E-state index contributed by atoms with van der Waals surface area (Å²) in [7, 11) is 0. The van der Waals surface area contributed by atoms with Crippen LogP contribution in [0.25, 0.3) is 11.8 Å². The number of rotatable bonds is 4. The first-order chi connectivity index (χ1) is 14.2. The van der Waals surface area contributed by atoms with E-state index >= 15 is 0 Å². The van der Waals surface area contributed by atoms with Crippen molar-refractivity contribution in [2.45, 2.75) is 6.61 Å². The highest BCUT2D eigenvalue weighted by atomic mass is 35.5. The van der Waals surface area contributed by atoms with Crippen molar-refractivity contribution in [2.24, 2.45) is 4.99 Å². The van der Waals surface area contributed by atoms with E-state index in [1.165, 1.54) is 17.2 Å². The third-order valence-electron chi connectivity index (χ3n) is 5.22. The summed E-state index contributed by atoms with van der Waals surface area (Å²) < 4.78 is 19.7. The van der Waals surface area contributed by atoms with Crippen molar-refractivity contribution in [1.82, 2.24) is 4.90 Å². The Morgan fingerprint density at radius 1 is 1.00 bits per heavy atom. The summed E-state index contributed by atoms with van der Waals surface area (Å²) >= 11 is 6.07. The molecule has 0 N–H and O–H groups in total. The summed E-state index contributed by atoms with van der Waals surface area (Å²) in [6.07, 6.45) is 2.20. The van der Waals surface area contributed by atoms with Crippen LogP contribution in [0.5, 0.6) is 5.75 Å². The number of hydrogen-bond donors (Lipinski definition) is 0. The lowest BCUT2D eigenvalue weighted by molar-refractivity contribution is 0.300. The van der Waals surface area contributed by atoms with Gasteiger partial charge in [0.25, 0.3) is 0 Å². The Hall–Kier alpha value is -2.82. The maximum absolute atomic E-state index is 13.9. The summed E-state index contributed by atoms with van der Waals surface area (Å²) in [5, 5.41) is 0.369. The molecule has 3 aromatic carbocycles. The highest BCUT2D eigenvalue weighted by molar-refractivity contribution is 6.31. The molecule has 2 heterocycles. The summed E-state index contributed by atoms with van der Waals surface area (Å²) in [4.78, 5) is 6.96. The summed E-state index contributed by atoms with van der Waals surface area (Å²) in [5.41, 5.74) is 4.93. The number of fused-ring (bicyclic) bond motifs is 3. The maximum atomic E-state index is 13.9. The zero-order chi connectivity index (χ0) is 19.8. The molecule has 5 rings (SSSR count). The van der Waals surface area contributed by atoms with Gasteiger partial charge in [-0.1, -0.05) is 41.9 Å². The van der Waals surface area contributed by atoms with Gasteiger partial charge in [0.15, 0.2) is 0 Å².